The molecular formula is C28H27BrN4S. The Morgan fingerprint density at radius 3 is 2.38 bits per heavy atom. The monoisotopic (exact) mass is 530 g/mol. The third-order valence-corrected chi connectivity index (χ3v) is 7.73. The number of thiocarbonyl (C=S) groups is 1. The first-order chi connectivity index (χ1) is 16.4. The average Bonchev–Trinajstić information content (AvgIpc) is 3.32. The number of benzene rings is 2. The predicted octanol–water partition coefficient (Wildman–Crippen LogP) is 7.05. The Balaban J connectivity index is 1.70. The van der Waals surface area contributed by atoms with Crippen LogP contribution in [-0.4, -0.2) is 14.7 Å². The molecule has 2 atom stereocenters. The van der Waals surface area contributed by atoms with Crippen molar-refractivity contribution in [1.29, 1.82) is 0 Å². The number of hydrogen-bond acceptors (Lipinski definition) is 2. The van der Waals surface area contributed by atoms with E-state index in [1.54, 1.807) is 0 Å². The van der Waals surface area contributed by atoms with Crippen LogP contribution in [0.15, 0.2) is 77.4 Å². The van der Waals surface area contributed by atoms with E-state index in [1.807, 2.05) is 24.4 Å². The molecule has 1 aliphatic heterocycles. The fraction of sp³-hybridized carbons (Fsp3) is 0.214. The highest BCUT2D eigenvalue weighted by molar-refractivity contribution is 9.10. The minimum atomic E-state index is -0.0662. The summed E-state index contributed by atoms with van der Waals surface area (Å²) in [5.74, 6) is 0. The van der Waals surface area contributed by atoms with Crippen molar-refractivity contribution < 1.29 is 0 Å². The molecule has 6 heteroatoms. The third-order valence-electron chi connectivity index (χ3n) is 6.75. The lowest BCUT2D eigenvalue weighted by Crippen LogP contribution is -2.29. The summed E-state index contributed by atoms with van der Waals surface area (Å²) in [4.78, 5) is 6.96. The fourth-order valence-electron chi connectivity index (χ4n) is 4.92. The van der Waals surface area contributed by atoms with Gasteiger partial charge in [0, 0.05) is 27.7 Å². The van der Waals surface area contributed by atoms with Gasteiger partial charge in [0.2, 0.25) is 0 Å². The van der Waals surface area contributed by atoms with Gasteiger partial charge in [0.1, 0.15) is 0 Å². The van der Waals surface area contributed by atoms with E-state index >= 15 is 0 Å². The van der Waals surface area contributed by atoms with E-state index in [9.17, 15) is 0 Å². The number of pyridine rings is 1. The van der Waals surface area contributed by atoms with Crippen LogP contribution in [-0.2, 0) is 0 Å². The van der Waals surface area contributed by atoms with Gasteiger partial charge in [0.25, 0.3) is 0 Å². The van der Waals surface area contributed by atoms with Crippen molar-refractivity contribution in [3.8, 4) is 5.69 Å². The Hall–Kier alpha value is -2.96. The zero-order chi connectivity index (χ0) is 24.0. The molecule has 172 valence electrons. The molecule has 0 aliphatic carbocycles. The van der Waals surface area contributed by atoms with E-state index in [1.165, 1.54) is 28.1 Å². The van der Waals surface area contributed by atoms with E-state index in [-0.39, 0.29) is 12.1 Å². The summed E-state index contributed by atoms with van der Waals surface area (Å²) in [7, 11) is 0. The first-order valence-electron chi connectivity index (χ1n) is 11.4. The lowest BCUT2D eigenvalue weighted by Gasteiger charge is -2.28. The highest BCUT2D eigenvalue weighted by Crippen LogP contribution is 2.44. The Labute approximate surface area is 214 Å². The van der Waals surface area contributed by atoms with Crippen LogP contribution in [0.25, 0.3) is 5.69 Å². The smallest absolute Gasteiger partial charge is 0.174 e. The molecule has 4 aromatic rings. The second kappa shape index (κ2) is 9.01. The van der Waals surface area contributed by atoms with Gasteiger partial charge < -0.3 is 14.8 Å². The van der Waals surface area contributed by atoms with Crippen LogP contribution in [0.3, 0.4) is 0 Å². The number of hydrogen-bond donors (Lipinski definition) is 1. The molecule has 0 bridgehead atoms. The van der Waals surface area contributed by atoms with Gasteiger partial charge in [-0.3, -0.25) is 4.98 Å². The number of nitrogens with one attached hydrogen (secondary N) is 1. The Bertz CT molecular complexity index is 1380. The molecule has 1 saturated heterocycles. The highest BCUT2D eigenvalue weighted by Gasteiger charge is 2.42. The molecule has 0 unspecified atom stereocenters. The lowest BCUT2D eigenvalue weighted by atomic mass is 9.96. The molecule has 2 aromatic carbocycles. The summed E-state index contributed by atoms with van der Waals surface area (Å²) in [5.41, 5.74) is 9.32. The molecule has 3 heterocycles. The van der Waals surface area contributed by atoms with Gasteiger partial charge in [-0.25, -0.2) is 0 Å². The molecule has 5 rings (SSSR count). The molecule has 4 nitrogen and oxygen atoms in total. The Kier molecular flexibility index (Phi) is 6.04. The molecule has 1 N–H and O–H groups in total. The third kappa shape index (κ3) is 3.85. The normalized spacial score (nSPS) is 17.8. The van der Waals surface area contributed by atoms with Crippen LogP contribution in [0, 0.1) is 27.7 Å². The number of aryl methyl sites for hydroxylation is 3. The lowest BCUT2D eigenvalue weighted by molar-refractivity contribution is 0.565. The largest absolute Gasteiger partial charge is 0.351 e. The molecule has 0 amide bonds. The van der Waals surface area contributed by atoms with Gasteiger partial charge >= 0.3 is 0 Å². The summed E-state index contributed by atoms with van der Waals surface area (Å²) < 4.78 is 3.38. The van der Waals surface area contributed by atoms with Gasteiger partial charge in [0.15, 0.2) is 5.11 Å². The summed E-state index contributed by atoms with van der Waals surface area (Å²) in [5, 5.41) is 4.30. The number of nitrogens with zero attached hydrogens (tertiary/aromatic N) is 3. The maximum absolute atomic E-state index is 5.92. The minimum Gasteiger partial charge on any atom is -0.351 e. The van der Waals surface area contributed by atoms with Crippen molar-refractivity contribution in [2.75, 3.05) is 4.90 Å². The summed E-state index contributed by atoms with van der Waals surface area (Å²) in [6, 6.07) is 23.1. The summed E-state index contributed by atoms with van der Waals surface area (Å²) in [6.07, 6.45) is 1.85. The maximum Gasteiger partial charge on any atom is 0.174 e. The van der Waals surface area contributed by atoms with Gasteiger partial charge in [-0.1, -0.05) is 24.3 Å². The van der Waals surface area contributed by atoms with E-state index in [0.29, 0.717) is 0 Å². The van der Waals surface area contributed by atoms with Gasteiger partial charge in [0.05, 0.1) is 23.5 Å². The zero-order valence-corrected chi connectivity index (χ0v) is 22.1. The zero-order valence-electron chi connectivity index (χ0n) is 19.7. The van der Waals surface area contributed by atoms with Gasteiger partial charge in [-0.05, 0) is 115 Å². The van der Waals surface area contributed by atoms with E-state index < -0.39 is 0 Å². The average molecular weight is 532 g/mol. The molecule has 0 spiro atoms. The Morgan fingerprint density at radius 2 is 1.68 bits per heavy atom. The molecule has 0 saturated carbocycles. The maximum atomic E-state index is 5.92. The molecule has 1 aliphatic rings. The van der Waals surface area contributed by atoms with Crippen LogP contribution in [0.4, 0.5) is 5.69 Å². The van der Waals surface area contributed by atoms with Crippen LogP contribution >= 0.6 is 28.1 Å². The number of halogens is 1. The highest BCUT2D eigenvalue weighted by atomic mass is 79.9. The van der Waals surface area contributed by atoms with Crippen LogP contribution < -0.4 is 10.2 Å². The predicted molar refractivity (Wildman–Crippen MR) is 147 cm³/mol. The second-order valence-electron chi connectivity index (χ2n) is 8.88. The van der Waals surface area contributed by atoms with Gasteiger partial charge in [-0.15, -0.1) is 0 Å². The number of aromatic nitrogens is 2. The fourth-order valence-corrected chi connectivity index (χ4v) is 5.72. The Morgan fingerprint density at radius 1 is 0.912 bits per heavy atom. The van der Waals surface area contributed by atoms with Crippen molar-refractivity contribution in [3.63, 3.8) is 0 Å². The van der Waals surface area contributed by atoms with E-state index in [0.717, 1.165) is 26.7 Å². The number of rotatable bonds is 4. The van der Waals surface area contributed by atoms with Crippen LogP contribution in [0.1, 0.15) is 45.9 Å². The van der Waals surface area contributed by atoms with Crippen molar-refractivity contribution in [1.82, 2.24) is 14.9 Å². The second-order valence-corrected chi connectivity index (χ2v) is 10.1. The first-order valence-corrected chi connectivity index (χ1v) is 12.6. The molecule has 0 radical (unpaired) electrons. The SMILES string of the molecule is Cc1ccc(N2C(=S)N[C@@H](c3ccccn3)[C@@H]2c2cc(C)n(-c3ccccc3Br)c2C)cc1C. The summed E-state index contributed by atoms with van der Waals surface area (Å²) in [6.45, 7) is 8.64. The molecule has 2 aromatic heterocycles. The van der Waals surface area contributed by atoms with Crippen molar-refractivity contribution in [3.05, 3.63) is 111 Å². The summed E-state index contributed by atoms with van der Waals surface area (Å²) >= 11 is 9.66. The van der Waals surface area contributed by atoms with E-state index in [4.69, 9.17) is 17.2 Å². The van der Waals surface area contributed by atoms with Crippen molar-refractivity contribution in [2.24, 2.45) is 0 Å². The number of anilines is 1. The molecule has 1 fully saturated rings. The van der Waals surface area contributed by atoms with Crippen LogP contribution in [0.2, 0.25) is 0 Å². The van der Waals surface area contributed by atoms with Crippen molar-refractivity contribution in [2.45, 2.75) is 39.8 Å². The first kappa shape index (κ1) is 22.8. The molecule has 34 heavy (non-hydrogen) atoms. The van der Waals surface area contributed by atoms with Gasteiger partial charge in [-0.2, -0.15) is 0 Å². The van der Waals surface area contributed by atoms with Crippen molar-refractivity contribution >= 4 is 38.9 Å². The minimum absolute atomic E-state index is 0.0352. The van der Waals surface area contributed by atoms with Crippen LogP contribution in [0.5, 0.6) is 0 Å². The quantitative estimate of drug-likeness (QED) is 0.286. The van der Waals surface area contributed by atoms with E-state index in [2.05, 4.69) is 107 Å². The molecular weight excluding hydrogens is 504 g/mol. The topological polar surface area (TPSA) is 33.1 Å². The number of para-hydroxylation sites is 1. The standard InChI is InChI=1S/C28H27BrN4S/c1-17-12-13-21(15-18(17)2)33-27(26(31-28(33)34)24-10-7-8-14-30-24)22-16-19(3)32(20(22)4)25-11-6-5-9-23(25)29/h5-16,26-27H,1-4H3,(H,31,34)/t26-,27-/m0/s1.